The Bertz CT molecular complexity index is 178. The Morgan fingerprint density at radius 2 is 1.93 bits per heavy atom. The zero-order valence-corrected chi connectivity index (χ0v) is 9.33. The molecule has 14 heavy (non-hydrogen) atoms. The highest BCUT2D eigenvalue weighted by Crippen LogP contribution is 2.16. The summed E-state index contributed by atoms with van der Waals surface area (Å²) in [5.74, 6) is 0. The molecular formula is C11H22N2O. The van der Waals surface area contributed by atoms with E-state index in [2.05, 4.69) is 24.2 Å². The summed E-state index contributed by atoms with van der Waals surface area (Å²) in [7, 11) is 2.21. The molecule has 1 N–H and O–H groups in total. The van der Waals surface area contributed by atoms with Gasteiger partial charge < -0.3 is 15.0 Å². The molecule has 0 spiro atoms. The SMILES string of the molecule is C[C@H]1OCC[C@H]1NC1CCN(C)CC1. The minimum Gasteiger partial charge on any atom is -0.377 e. The van der Waals surface area contributed by atoms with Crippen molar-refractivity contribution in [3.05, 3.63) is 0 Å². The Morgan fingerprint density at radius 3 is 2.50 bits per heavy atom. The molecule has 0 radical (unpaired) electrons. The molecule has 0 amide bonds. The molecule has 2 atom stereocenters. The van der Waals surface area contributed by atoms with Crippen LogP contribution in [0.1, 0.15) is 26.2 Å². The minimum absolute atomic E-state index is 0.412. The highest BCUT2D eigenvalue weighted by atomic mass is 16.5. The maximum Gasteiger partial charge on any atom is 0.0700 e. The first kappa shape index (κ1) is 10.4. The van der Waals surface area contributed by atoms with E-state index in [-0.39, 0.29) is 0 Å². The van der Waals surface area contributed by atoms with Crippen molar-refractivity contribution < 1.29 is 4.74 Å². The molecule has 3 nitrogen and oxygen atoms in total. The third-order valence-corrected chi connectivity index (χ3v) is 3.54. The quantitative estimate of drug-likeness (QED) is 0.712. The van der Waals surface area contributed by atoms with Crippen molar-refractivity contribution in [1.82, 2.24) is 10.2 Å². The average molecular weight is 198 g/mol. The van der Waals surface area contributed by atoms with Crippen molar-refractivity contribution in [3.8, 4) is 0 Å². The number of rotatable bonds is 2. The lowest BCUT2D eigenvalue weighted by Gasteiger charge is -2.32. The summed E-state index contributed by atoms with van der Waals surface area (Å²) in [5.41, 5.74) is 0. The maximum absolute atomic E-state index is 5.56. The number of ether oxygens (including phenoxy) is 1. The second-order valence-electron chi connectivity index (χ2n) is 4.72. The van der Waals surface area contributed by atoms with Crippen molar-refractivity contribution >= 4 is 0 Å². The third-order valence-electron chi connectivity index (χ3n) is 3.54. The van der Waals surface area contributed by atoms with Crippen LogP contribution in [-0.4, -0.2) is 49.8 Å². The smallest absolute Gasteiger partial charge is 0.0700 e. The fraction of sp³-hybridized carbons (Fsp3) is 1.00. The number of hydrogen-bond acceptors (Lipinski definition) is 3. The molecule has 0 saturated carbocycles. The highest BCUT2D eigenvalue weighted by molar-refractivity contribution is 4.85. The van der Waals surface area contributed by atoms with Crippen molar-refractivity contribution in [2.24, 2.45) is 0 Å². The molecular weight excluding hydrogens is 176 g/mol. The van der Waals surface area contributed by atoms with Crippen LogP contribution in [0.25, 0.3) is 0 Å². The normalized spacial score (nSPS) is 36.4. The second-order valence-corrected chi connectivity index (χ2v) is 4.72. The van der Waals surface area contributed by atoms with Crippen LogP contribution in [0, 0.1) is 0 Å². The van der Waals surface area contributed by atoms with E-state index in [1.807, 2.05) is 0 Å². The average Bonchev–Trinajstić information content (AvgIpc) is 2.56. The number of nitrogens with one attached hydrogen (secondary N) is 1. The molecule has 2 fully saturated rings. The molecule has 0 bridgehead atoms. The van der Waals surface area contributed by atoms with E-state index in [9.17, 15) is 0 Å². The van der Waals surface area contributed by atoms with Crippen LogP contribution in [0.2, 0.25) is 0 Å². The van der Waals surface area contributed by atoms with Gasteiger partial charge in [0, 0.05) is 18.7 Å². The standard InChI is InChI=1S/C11H22N2O/c1-9-11(5-8-14-9)12-10-3-6-13(2)7-4-10/h9-12H,3-8H2,1-2H3/t9-,11-/m1/s1. The predicted octanol–water partition coefficient (Wildman–Crippen LogP) is 0.848. The topological polar surface area (TPSA) is 24.5 Å². The van der Waals surface area contributed by atoms with Gasteiger partial charge in [0.25, 0.3) is 0 Å². The first-order valence-electron chi connectivity index (χ1n) is 5.82. The van der Waals surface area contributed by atoms with Gasteiger partial charge in [-0.15, -0.1) is 0 Å². The molecule has 0 aromatic heterocycles. The molecule has 2 aliphatic rings. The Morgan fingerprint density at radius 1 is 1.21 bits per heavy atom. The van der Waals surface area contributed by atoms with Gasteiger partial charge in [-0.05, 0) is 46.3 Å². The van der Waals surface area contributed by atoms with Gasteiger partial charge in [0.15, 0.2) is 0 Å². The molecule has 3 heteroatoms. The molecule has 2 heterocycles. The summed E-state index contributed by atoms with van der Waals surface area (Å²) in [6.07, 6.45) is 4.18. The second kappa shape index (κ2) is 4.60. The summed E-state index contributed by atoms with van der Waals surface area (Å²) in [6, 6.07) is 1.32. The summed E-state index contributed by atoms with van der Waals surface area (Å²) in [4.78, 5) is 2.41. The number of nitrogens with zero attached hydrogens (tertiary/aromatic N) is 1. The van der Waals surface area contributed by atoms with Crippen molar-refractivity contribution in [2.75, 3.05) is 26.7 Å². The van der Waals surface area contributed by atoms with E-state index >= 15 is 0 Å². The van der Waals surface area contributed by atoms with Crippen LogP contribution in [0.3, 0.4) is 0 Å². The first-order valence-corrected chi connectivity index (χ1v) is 5.82. The molecule has 0 aliphatic carbocycles. The van der Waals surface area contributed by atoms with Gasteiger partial charge in [0.05, 0.1) is 6.10 Å². The van der Waals surface area contributed by atoms with Crippen LogP contribution in [-0.2, 0) is 4.74 Å². The molecule has 82 valence electrons. The van der Waals surface area contributed by atoms with Crippen molar-refractivity contribution in [3.63, 3.8) is 0 Å². The Kier molecular flexibility index (Phi) is 3.42. The largest absolute Gasteiger partial charge is 0.377 e. The van der Waals surface area contributed by atoms with E-state index in [1.54, 1.807) is 0 Å². The zero-order chi connectivity index (χ0) is 9.97. The monoisotopic (exact) mass is 198 g/mol. The molecule has 0 unspecified atom stereocenters. The predicted molar refractivity (Wildman–Crippen MR) is 57.5 cm³/mol. The number of likely N-dealkylation sites (tertiary alicyclic amines) is 1. The molecule has 0 aromatic carbocycles. The molecule has 2 aliphatic heterocycles. The van der Waals surface area contributed by atoms with Crippen LogP contribution in [0.5, 0.6) is 0 Å². The lowest BCUT2D eigenvalue weighted by Crippen LogP contribution is -2.47. The molecule has 2 saturated heterocycles. The van der Waals surface area contributed by atoms with E-state index in [4.69, 9.17) is 4.74 Å². The van der Waals surface area contributed by atoms with Gasteiger partial charge in [-0.25, -0.2) is 0 Å². The van der Waals surface area contributed by atoms with E-state index < -0.39 is 0 Å². The van der Waals surface area contributed by atoms with Crippen LogP contribution < -0.4 is 5.32 Å². The van der Waals surface area contributed by atoms with Crippen molar-refractivity contribution in [2.45, 2.75) is 44.4 Å². The van der Waals surface area contributed by atoms with E-state index in [0.29, 0.717) is 12.1 Å². The van der Waals surface area contributed by atoms with Crippen LogP contribution in [0.15, 0.2) is 0 Å². The Labute approximate surface area is 86.8 Å². The fourth-order valence-corrected chi connectivity index (χ4v) is 2.43. The highest BCUT2D eigenvalue weighted by Gasteiger charge is 2.27. The minimum atomic E-state index is 0.412. The third kappa shape index (κ3) is 2.47. The van der Waals surface area contributed by atoms with E-state index in [1.165, 1.54) is 32.4 Å². The molecule has 2 rings (SSSR count). The van der Waals surface area contributed by atoms with Gasteiger partial charge in [-0.3, -0.25) is 0 Å². The summed E-state index contributed by atoms with van der Waals surface area (Å²) >= 11 is 0. The van der Waals surface area contributed by atoms with Gasteiger partial charge in [-0.2, -0.15) is 0 Å². The fourth-order valence-electron chi connectivity index (χ4n) is 2.43. The maximum atomic E-state index is 5.56. The van der Waals surface area contributed by atoms with E-state index in [0.717, 1.165) is 12.6 Å². The summed E-state index contributed by atoms with van der Waals surface area (Å²) < 4.78 is 5.56. The van der Waals surface area contributed by atoms with Crippen LogP contribution in [0.4, 0.5) is 0 Å². The lowest BCUT2D eigenvalue weighted by atomic mass is 10.0. The lowest BCUT2D eigenvalue weighted by molar-refractivity contribution is 0.107. The van der Waals surface area contributed by atoms with Gasteiger partial charge >= 0.3 is 0 Å². The Balaban J connectivity index is 1.74. The zero-order valence-electron chi connectivity index (χ0n) is 9.33. The molecule has 0 aromatic rings. The number of piperidine rings is 1. The first-order chi connectivity index (χ1) is 6.75. The number of hydrogen-bond donors (Lipinski definition) is 1. The van der Waals surface area contributed by atoms with Gasteiger partial charge in [0.2, 0.25) is 0 Å². The van der Waals surface area contributed by atoms with Crippen LogP contribution >= 0.6 is 0 Å². The summed E-state index contributed by atoms with van der Waals surface area (Å²) in [5, 5.41) is 3.74. The van der Waals surface area contributed by atoms with Gasteiger partial charge in [-0.1, -0.05) is 0 Å². The Hall–Kier alpha value is -0.120. The van der Waals surface area contributed by atoms with Crippen molar-refractivity contribution in [1.29, 1.82) is 0 Å². The van der Waals surface area contributed by atoms with Gasteiger partial charge in [0.1, 0.15) is 0 Å². The summed E-state index contributed by atoms with van der Waals surface area (Å²) in [6.45, 7) is 5.59.